The van der Waals surface area contributed by atoms with Crippen molar-refractivity contribution >= 4 is 17.3 Å². The molecule has 0 saturated carbocycles. The Morgan fingerprint density at radius 1 is 1.47 bits per heavy atom. The van der Waals surface area contributed by atoms with Crippen molar-refractivity contribution in [1.82, 2.24) is 0 Å². The van der Waals surface area contributed by atoms with Crippen molar-refractivity contribution in [2.24, 2.45) is 5.73 Å². The van der Waals surface area contributed by atoms with Crippen LogP contribution in [0.4, 0.5) is 11.4 Å². The summed E-state index contributed by atoms with van der Waals surface area (Å²) >= 11 is 0. The van der Waals surface area contributed by atoms with Gasteiger partial charge in [-0.2, -0.15) is 0 Å². The summed E-state index contributed by atoms with van der Waals surface area (Å²) < 4.78 is 0. The lowest BCUT2D eigenvalue weighted by Crippen LogP contribution is -2.26. The lowest BCUT2D eigenvalue weighted by Gasteiger charge is -2.09. The maximum atomic E-state index is 11.5. The van der Waals surface area contributed by atoms with Gasteiger partial charge in [-0.25, -0.2) is 0 Å². The number of nitro groups is 1. The summed E-state index contributed by atoms with van der Waals surface area (Å²) in [6.45, 7) is 1.91. The van der Waals surface area contributed by atoms with Crippen molar-refractivity contribution in [1.29, 1.82) is 0 Å². The molecule has 1 aromatic carbocycles. The van der Waals surface area contributed by atoms with Crippen LogP contribution in [-0.4, -0.2) is 16.9 Å². The van der Waals surface area contributed by atoms with Gasteiger partial charge in [0.1, 0.15) is 0 Å². The SMILES string of the molecule is CCC(N)CC(=O)Nc1ccc([N+](=O)[O-])cc1. The summed E-state index contributed by atoms with van der Waals surface area (Å²) in [5, 5.41) is 13.1. The molecule has 0 fully saturated rings. The number of nitrogens with one attached hydrogen (secondary N) is 1. The Labute approximate surface area is 99.0 Å². The van der Waals surface area contributed by atoms with Crippen molar-refractivity contribution in [2.75, 3.05) is 5.32 Å². The van der Waals surface area contributed by atoms with E-state index in [0.29, 0.717) is 5.69 Å². The van der Waals surface area contributed by atoms with Crippen molar-refractivity contribution in [3.05, 3.63) is 34.4 Å². The highest BCUT2D eigenvalue weighted by Gasteiger charge is 2.09. The molecule has 0 aliphatic heterocycles. The Balaban J connectivity index is 2.57. The van der Waals surface area contributed by atoms with Crippen LogP contribution in [0.3, 0.4) is 0 Å². The van der Waals surface area contributed by atoms with Crippen LogP contribution in [0.15, 0.2) is 24.3 Å². The van der Waals surface area contributed by atoms with Gasteiger partial charge in [0.15, 0.2) is 0 Å². The number of amides is 1. The Bertz CT molecular complexity index is 403. The average molecular weight is 237 g/mol. The lowest BCUT2D eigenvalue weighted by molar-refractivity contribution is -0.384. The number of nitrogens with zero attached hydrogens (tertiary/aromatic N) is 1. The first-order chi connectivity index (χ1) is 8.02. The van der Waals surface area contributed by atoms with Gasteiger partial charge in [0.2, 0.25) is 5.91 Å². The zero-order chi connectivity index (χ0) is 12.8. The van der Waals surface area contributed by atoms with E-state index < -0.39 is 4.92 Å². The fraction of sp³-hybridized carbons (Fsp3) is 0.364. The third-order valence-electron chi connectivity index (χ3n) is 2.33. The topological polar surface area (TPSA) is 98.3 Å². The van der Waals surface area contributed by atoms with Crippen LogP contribution in [-0.2, 0) is 4.79 Å². The van der Waals surface area contributed by atoms with E-state index >= 15 is 0 Å². The standard InChI is InChI=1S/C11H15N3O3/c1-2-8(12)7-11(15)13-9-3-5-10(6-4-9)14(16)17/h3-6,8H,2,7,12H2,1H3,(H,13,15). The maximum absolute atomic E-state index is 11.5. The zero-order valence-corrected chi connectivity index (χ0v) is 9.55. The van der Waals surface area contributed by atoms with E-state index in [1.807, 2.05) is 6.92 Å². The van der Waals surface area contributed by atoms with Crippen LogP contribution in [0.5, 0.6) is 0 Å². The molecular weight excluding hydrogens is 222 g/mol. The molecule has 17 heavy (non-hydrogen) atoms. The third-order valence-corrected chi connectivity index (χ3v) is 2.33. The molecule has 1 unspecified atom stereocenters. The third kappa shape index (κ3) is 4.20. The normalized spacial score (nSPS) is 11.9. The summed E-state index contributed by atoms with van der Waals surface area (Å²) in [6, 6.07) is 5.51. The number of benzene rings is 1. The number of hydrogen-bond donors (Lipinski definition) is 2. The summed E-state index contributed by atoms with van der Waals surface area (Å²) in [7, 11) is 0. The predicted octanol–water partition coefficient (Wildman–Crippen LogP) is 1.66. The molecule has 92 valence electrons. The molecule has 1 rings (SSSR count). The number of rotatable bonds is 5. The molecule has 1 amide bonds. The second-order valence-corrected chi connectivity index (χ2v) is 3.72. The van der Waals surface area contributed by atoms with E-state index in [4.69, 9.17) is 5.73 Å². The number of carbonyl (C=O) groups excluding carboxylic acids is 1. The Morgan fingerprint density at radius 3 is 2.53 bits per heavy atom. The first kappa shape index (κ1) is 13.1. The molecular formula is C11H15N3O3. The minimum atomic E-state index is -0.488. The van der Waals surface area contributed by atoms with Gasteiger partial charge in [-0.3, -0.25) is 14.9 Å². The molecule has 0 heterocycles. The largest absolute Gasteiger partial charge is 0.327 e. The van der Waals surface area contributed by atoms with Gasteiger partial charge in [-0.15, -0.1) is 0 Å². The highest BCUT2D eigenvalue weighted by molar-refractivity contribution is 5.91. The van der Waals surface area contributed by atoms with Crippen molar-refractivity contribution < 1.29 is 9.72 Å². The van der Waals surface area contributed by atoms with Crippen LogP contribution in [0, 0.1) is 10.1 Å². The number of hydrogen-bond acceptors (Lipinski definition) is 4. The number of carbonyl (C=O) groups is 1. The monoisotopic (exact) mass is 237 g/mol. The summed E-state index contributed by atoms with van der Waals surface area (Å²) in [5.41, 5.74) is 6.17. The second-order valence-electron chi connectivity index (χ2n) is 3.72. The molecule has 0 radical (unpaired) electrons. The lowest BCUT2D eigenvalue weighted by atomic mass is 10.1. The van der Waals surface area contributed by atoms with Crippen molar-refractivity contribution in [3.63, 3.8) is 0 Å². The van der Waals surface area contributed by atoms with Crippen LogP contribution in [0.1, 0.15) is 19.8 Å². The summed E-state index contributed by atoms with van der Waals surface area (Å²) in [4.78, 5) is 21.4. The van der Waals surface area contributed by atoms with Gasteiger partial charge < -0.3 is 11.1 Å². The second kappa shape index (κ2) is 5.95. The highest BCUT2D eigenvalue weighted by Crippen LogP contribution is 2.15. The Hall–Kier alpha value is -1.95. The molecule has 0 saturated heterocycles. The van der Waals surface area contributed by atoms with E-state index in [2.05, 4.69) is 5.32 Å². The minimum Gasteiger partial charge on any atom is -0.327 e. The van der Waals surface area contributed by atoms with E-state index in [-0.39, 0.29) is 24.1 Å². The van der Waals surface area contributed by atoms with Crippen molar-refractivity contribution in [3.8, 4) is 0 Å². The molecule has 6 heteroatoms. The fourth-order valence-electron chi connectivity index (χ4n) is 1.26. The first-order valence-corrected chi connectivity index (χ1v) is 5.32. The van der Waals surface area contributed by atoms with Gasteiger partial charge in [0, 0.05) is 30.3 Å². The van der Waals surface area contributed by atoms with Gasteiger partial charge >= 0.3 is 0 Å². The highest BCUT2D eigenvalue weighted by atomic mass is 16.6. The van der Waals surface area contributed by atoms with Crippen LogP contribution in [0.25, 0.3) is 0 Å². The van der Waals surface area contributed by atoms with Crippen LogP contribution in [0.2, 0.25) is 0 Å². The maximum Gasteiger partial charge on any atom is 0.269 e. The van der Waals surface area contributed by atoms with E-state index in [1.165, 1.54) is 24.3 Å². The molecule has 1 aromatic rings. The smallest absolute Gasteiger partial charge is 0.269 e. The molecule has 0 aliphatic carbocycles. The molecule has 0 bridgehead atoms. The predicted molar refractivity (Wildman–Crippen MR) is 64.6 cm³/mol. The quantitative estimate of drug-likeness (QED) is 0.601. The van der Waals surface area contributed by atoms with Gasteiger partial charge in [0.25, 0.3) is 5.69 Å². The molecule has 0 spiro atoms. The van der Waals surface area contributed by atoms with Gasteiger partial charge in [-0.1, -0.05) is 6.92 Å². The fourth-order valence-corrected chi connectivity index (χ4v) is 1.26. The molecule has 0 aliphatic rings. The minimum absolute atomic E-state index is 0.00624. The number of anilines is 1. The summed E-state index contributed by atoms with van der Waals surface area (Å²) in [6.07, 6.45) is 0.973. The molecule has 3 N–H and O–H groups in total. The van der Waals surface area contributed by atoms with Gasteiger partial charge in [0.05, 0.1) is 4.92 Å². The molecule has 0 aromatic heterocycles. The number of nitrogens with two attached hydrogens (primary N) is 1. The Kier molecular flexibility index (Phi) is 4.59. The number of nitro benzene ring substituents is 1. The van der Waals surface area contributed by atoms with Crippen LogP contribution < -0.4 is 11.1 Å². The zero-order valence-electron chi connectivity index (χ0n) is 9.55. The summed E-state index contributed by atoms with van der Waals surface area (Å²) in [5.74, 6) is -0.187. The molecule has 6 nitrogen and oxygen atoms in total. The van der Waals surface area contributed by atoms with Gasteiger partial charge in [-0.05, 0) is 18.6 Å². The van der Waals surface area contributed by atoms with E-state index in [1.54, 1.807) is 0 Å². The van der Waals surface area contributed by atoms with E-state index in [0.717, 1.165) is 6.42 Å². The van der Waals surface area contributed by atoms with Crippen LogP contribution >= 0.6 is 0 Å². The van der Waals surface area contributed by atoms with Crippen molar-refractivity contribution in [2.45, 2.75) is 25.8 Å². The van der Waals surface area contributed by atoms with E-state index in [9.17, 15) is 14.9 Å². The molecule has 1 atom stereocenters. The number of non-ortho nitro benzene ring substituents is 1. The Morgan fingerprint density at radius 2 is 2.06 bits per heavy atom. The average Bonchev–Trinajstić information content (AvgIpc) is 2.29. The first-order valence-electron chi connectivity index (χ1n) is 5.32.